The van der Waals surface area contributed by atoms with E-state index in [4.69, 9.17) is 15.2 Å². The summed E-state index contributed by atoms with van der Waals surface area (Å²) in [5, 5.41) is 0. The molecule has 2 heterocycles. The van der Waals surface area contributed by atoms with Gasteiger partial charge in [0.2, 0.25) is 0 Å². The number of amides is 1. The third-order valence-corrected chi connectivity index (χ3v) is 2.87. The van der Waals surface area contributed by atoms with Crippen molar-refractivity contribution < 1.29 is 14.3 Å². The first kappa shape index (κ1) is 14.6. The Balaban J connectivity index is 2.03. The third-order valence-electron chi connectivity index (χ3n) is 2.87. The zero-order chi connectivity index (χ0) is 14.8. The fourth-order valence-electron chi connectivity index (χ4n) is 2.00. The molecular weight excluding hydrogens is 258 g/mol. The van der Waals surface area contributed by atoms with Gasteiger partial charge in [0.05, 0.1) is 18.8 Å². The maximum Gasteiger partial charge on any atom is 0.410 e. The van der Waals surface area contributed by atoms with Crippen LogP contribution in [0.25, 0.3) is 0 Å². The number of nitrogens with zero attached hydrogens (tertiary/aromatic N) is 2. The summed E-state index contributed by atoms with van der Waals surface area (Å²) >= 11 is 0. The summed E-state index contributed by atoms with van der Waals surface area (Å²) in [6.07, 6.45) is 2.76. The Morgan fingerprint density at radius 1 is 1.50 bits per heavy atom. The SMILES string of the molecule is CC(C)(C)OC(=O)N1CCOC(c2cncc(N)c2)C1. The zero-order valence-corrected chi connectivity index (χ0v) is 12.1. The maximum absolute atomic E-state index is 12.1. The molecule has 20 heavy (non-hydrogen) atoms. The summed E-state index contributed by atoms with van der Waals surface area (Å²) in [6, 6.07) is 1.82. The van der Waals surface area contributed by atoms with E-state index >= 15 is 0 Å². The molecule has 0 bridgehead atoms. The number of nitrogen functional groups attached to an aromatic ring is 1. The van der Waals surface area contributed by atoms with Crippen molar-refractivity contribution in [2.75, 3.05) is 25.4 Å². The van der Waals surface area contributed by atoms with Gasteiger partial charge >= 0.3 is 6.09 Å². The van der Waals surface area contributed by atoms with Crippen molar-refractivity contribution in [2.24, 2.45) is 0 Å². The average Bonchev–Trinajstić information content (AvgIpc) is 2.37. The molecule has 1 atom stereocenters. The van der Waals surface area contributed by atoms with E-state index in [0.717, 1.165) is 5.56 Å². The Kier molecular flexibility index (Phi) is 4.13. The van der Waals surface area contributed by atoms with Gasteiger partial charge in [-0.25, -0.2) is 4.79 Å². The lowest BCUT2D eigenvalue weighted by Crippen LogP contribution is -2.44. The lowest BCUT2D eigenvalue weighted by Gasteiger charge is -2.34. The van der Waals surface area contributed by atoms with Crippen molar-refractivity contribution in [3.63, 3.8) is 0 Å². The molecule has 1 aliphatic heterocycles. The minimum atomic E-state index is -0.496. The van der Waals surface area contributed by atoms with Crippen LogP contribution in [0.15, 0.2) is 18.5 Å². The number of morpholine rings is 1. The number of hydrogen-bond acceptors (Lipinski definition) is 5. The molecule has 1 aromatic heterocycles. The van der Waals surface area contributed by atoms with E-state index in [-0.39, 0.29) is 12.2 Å². The lowest BCUT2D eigenvalue weighted by molar-refractivity contribution is -0.0433. The monoisotopic (exact) mass is 279 g/mol. The Bertz CT molecular complexity index is 485. The van der Waals surface area contributed by atoms with Crippen LogP contribution in [0.1, 0.15) is 32.4 Å². The molecule has 1 aromatic rings. The summed E-state index contributed by atoms with van der Waals surface area (Å²) in [5.74, 6) is 0. The second-order valence-electron chi connectivity index (χ2n) is 5.84. The van der Waals surface area contributed by atoms with Gasteiger partial charge in [0.25, 0.3) is 0 Å². The highest BCUT2D eigenvalue weighted by atomic mass is 16.6. The fourth-order valence-corrected chi connectivity index (χ4v) is 2.00. The van der Waals surface area contributed by atoms with Gasteiger partial charge in [-0.15, -0.1) is 0 Å². The summed E-state index contributed by atoms with van der Waals surface area (Å²) in [5.41, 5.74) is 6.68. The van der Waals surface area contributed by atoms with Crippen LogP contribution in [0.2, 0.25) is 0 Å². The maximum atomic E-state index is 12.1. The molecule has 2 N–H and O–H groups in total. The second kappa shape index (κ2) is 5.66. The first-order valence-electron chi connectivity index (χ1n) is 6.65. The van der Waals surface area contributed by atoms with Gasteiger partial charge in [0, 0.05) is 24.5 Å². The minimum Gasteiger partial charge on any atom is -0.444 e. The molecular formula is C14H21N3O3. The van der Waals surface area contributed by atoms with Crippen molar-refractivity contribution in [2.45, 2.75) is 32.5 Å². The van der Waals surface area contributed by atoms with Crippen LogP contribution in [0.3, 0.4) is 0 Å². The van der Waals surface area contributed by atoms with Crippen LogP contribution in [-0.4, -0.2) is 41.3 Å². The molecule has 1 fully saturated rings. The van der Waals surface area contributed by atoms with Crippen LogP contribution in [0, 0.1) is 0 Å². The molecule has 0 saturated carbocycles. The van der Waals surface area contributed by atoms with Crippen molar-refractivity contribution in [3.8, 4) is 0 Å². The number of anilines is 1. The number of carbonyl (C=O) groups excluding carboxylic acids is 1. The van der Waals surface area contributed by atoms with E-state index in [9.17, 15) is 4.79 Å². The van der Waals surface area contributed by atoms with Gasteiger partial charge in [-0.3, -0.25) is 4.98 Å². The molecule has 1 amide bonds. The molecule has 0 radical (unpaired) electrons. The summed E-state index contributed by atoms with van der Waals surface area (Å²) in [7, 11) is 0. The highest BCUT2D eigenvalue weighted by Gasteiger charge is 2.29. The number of ether oxygens (including phenoxy) is 2. The molecule has 6 nitrogen and oxygen atoms in total. The topological polar surface area (TPSA) is 77.7 Å². The molecule has 0 spiro atoms. The lowest BCUT2D eigenvalue weighted by atomic mass is 10.1. The molecule has 2 rings (SSSR count). The van der Waals surface area contributed by atoms with Crippen LogP contribution < -0.4 is 5.73 Å². The number of carbonyl (C=O) groups is 1. The molecule has 0 aliphatic carbocycles. The van der Waals surface area contributed by atoms with Gasteiger partial charge in [0.1, 0.15) is 11.7 Å². The Morgan fingerprint density at radius 3 is 2.90 bits per heavy atom. The van der Waals surface area contributed by atoms with Crippen molar-refractivity contribution in [1.29, 1.82) is 0 Å². The number of pyridine rings is 1. The second-order valence-corrected chi connectivity index (χ2v) is 5.84. The predicted molar refractivity (Wildman–Crippen MR) is 75.1 cm³/mol. The van der Waals surface area contributed by atoms with Gasteiger partial charge < -0.3 is 20.1 Å². The van der Waals surface area contributed by atoms with Gasteiger partial charge in [-0.2, -0.15) is 0 Å². The largest absolute Gasteiger partial charge is 0.444 e. The van der Waals surface area contributed by atoms with Gasteiger partial charge in [-0.1, -0.05) is 0 Å². The van der Waals surface area contributed by atoms with E-state index < -0.39 is 5.60 Å². The first-order valence-corrected chi connectivity index (χ1v) is 6.65. The normalized spacial score (nSPS) is 19.8. The Morgan fingerprint density at radius 2 is 2.25 bits per heavy atom. The quantitative estimate of drug-likeness (QED) is 0.850. The number of hydrogen-bond donors (Lipinski definition) is 1. The first-order chi connectivity index (χ1) is 9.35. The zero-order valence-electron chi connectivity index (χ0n) is 12.1. The predicted octanol–water partition coefficient (Wildman–Crippen LogP) is 1.97. The molecule has 1 unspecified atom stereocenters. The van der Waals surface area contributed by atoms with Crippen LogP contribution >= 0.6 is 0 Å². The smallest absolute Gasteiger partial charge is 0.410 e. The average molecular weight is 279 g/mol. The van der Waals surface area contributed by atoms with Gasteiger partial charge in [-0.05, 0) is 26.8 Å². The van der Waals surface area contributed by atoms with E-state index in [1.54, 1.807) is 17.3 Å². The molecule has 1 saturated heterocycles. The number of aromatic nitrogens is 1. The van der Waals surface area contributed by atoms with Crippen LogP contribution in [0.4, 0.5) is 10.5 Å². The summed E-state index contributed by atoms with van der Waals surface area (Å²) in [6.45, 7) is 7.00. The third kappa shape index (κ3) is 3.84. The number of rotatable bonds is 1. The Labute approximate surface area is 118 Å². The van der Waals surface area contributed by atoms with Gasteiger partial charge in [0.15, 0.2) is 0 Å². The van der Waals surface area contributed by atoms with E-state index in [1.165, 1.54) is 0 Å². The van der Waals surface area contributed by atoms with Crippen molar-refractivity contribution >= 4 is 11.8 Å². The Hall–Kier alpha value is -1.82. The molecule has 1 aliphatic rings. The van der Waals surface area contributed by atoms with Crippen LogP contribution in [0.5, 0.6) is 0 Å². The molecule has 110 valence electrons. The highest BCUT2D eigenvalue weighted by molar-refractivity contribution is 5.68. The summed E-state index contributed by atoms with van der Waals surface area (Å²) < 4.78 is 11.1. The van der Waals surface area contributed by atoms with E-state index in [0.29, 0.717) is 25.4 Å². The van der Waals surface area contributed by atoms with E-state index in [1.807, 2.05) is 26.8 Å². The van der Waals surface area contributed by atoms with Crippen LogP contribution in [-0.2, 0) is 9.47 Å². The molecule has 0 aromatic carbocycles. The van der Waals surface area contributed by atoms with Crippen molar-refractivity contribution in [1.82, 2.24) is 9.88 Å². The molecule has 6 heteroatoms. The summed E-state index contributed by atoms with van der Waals surface area (Å²) in [4.78, 5) is 17.8. The standard InChI is InChI=1S/C14H21N3O3/c1-14(2,3)20-13(18)17-4-5-19-12(9-17)10-6-11(15)8-16-7-10/h6-8,12H,4-5,9,15H2,1-3H3. The fraction of sp³-hybridized carbons (Fsp3) is 0.571. The highest BCUT2D eigenvalue weighted by Crippen LogP contribution is 2.24. The van der Waals surface area contributed by atoms with E-state index in [2.05, 4.69) is 4.98 Å². The number of nitrogens with two attached hydrogens (primary N) is 1. The van der Waals surface area contributed by atoms with Crippen molar-refractivity contribution in [3.05, 3.63) is 24.0 Å². The minimum absolute atomic E-state index is 0.215.